The third-order valence-corrected chi connectivity index (χ3v) is 3.25. The summed E-state index contributed by atoms with van der Waals surface area (Å²) in [6, 6.07) is 5.92. The summed E-state index contributed by atoms with van der Waals surface area (Å²) in [4.78, 5) is 18.2. The standard InChI is InChI=1S/C14H18N4O3/c1-18(2)14-17-10-7-9(3-4-11(10)21-14)16-13(19)12-8-15-5-6-20-12/h3-4,7,12,15H,5-6,8H2,1-2H3,(H,16,19). The van der Waals surface area contributed by atoms with E-state index < -0.39 is 6.10 Å². The van der Waals surface area contributed by atoms with Crippen molar-refractivity contribution in [1.29, 1.82) is 0 Å². The lowest BCUT2D eigenvalue weighted by atomic mass is 10.2. The fraction of sp³-hybridized carbons (Fsp3) is 0.429. The smallest absolute Gasteiger partial charge is 0.297 e. The first-order valence-electron chi connectivity index (χ1n) is 6.84. The third-order valence-electron chi connectivity index (χ3n) is 3.25. The topological polar surface area (TPSA) is 79.6 Å². The van der Waals surface area contributed by atoms with Crippen LogP contribution in [0.1, 0.15) is 0 Å². The second-order valence-electron chi connectivity index (χ2n) is 5.13. The Balaban J connectivity index is 1.75. The van der Waals surface area contributed by atoms with Gasteiger partial charge in [0.15, 0.2) is 5.58 Å². The first kappa shape index (κ1) is 13.8. The van der Waals surface area contributed by atoms with Crippen molar-refractivity contribution in [2.24, 2.45) is 0 Å². The molecule has 1 aromatic carbocycles. The molecule has 1 saturated heterocycles. The van der Waals surface area contributed by atoms with Gasteiger partial charge in [0.2, 0.25) is 0 Å². The van der Waals surface area contributed by atoms with Crippen molar-refractivity contribution in [3.63, 3.8) is 0 Å². The molecule has 1 aliphatic rings. The molecule has 1 unspecified atom stereocenters. The second kappa shape index (κ2) is 5.71. The van der Waals surface area contributed by atoms with Gasteiger partial charge in [0, 0.05) is 32.9 Å². The Hall–Kier alpha value is -2.12. The summed E-state index contributed by atoms with van der Waals surface area (Å²) in [7, 11) is 3.72. The summed E-state index contributed by atoms with van der Waals surface area (Å²) in [5, 5.41) is 5.97. The van der Waals surface area contributed by atoms with Gasteiger partial charge in [0.25, 0.3) is 11.9 Å². The van der Waals surface area contributed by atoms with E-state index in [-0.39, 0.29) is 5.91 Å². The Labute approximate surface area is 122 Å². The lowest BCUT2D eigenvalue weighted by Gasteiger charge is -2.22. The van der Waals surface area contributed by atoms with Gasteiger partial charge in [-0.25, -0.2) is 0 Å². The van der Waals surface area contributed by atoms with E-state index in [0.717, 1.165) is 6.54 Å². The Morgan fingerprint density at radius 1 is 1.48 bits per heavy atom. The Morgan fingerprint density at radius 2 is 2.33 bits per heavy atom. The fourth-order valence-corrected chi connectivity index (χ4v) is 2.14. The van der Waals surface area contributed by atoms with Crippen LogP contribution in [0, 0.1) is 0 Å². The first-order valence-corrected chi connectivity index (χ1v) is 6.84. The molecule has 112 valence electrons. The molecular formula is C14H18N4O3. The second-order valence-corrected chi connectivity index (χ2v) is 5.13. The maximum absolute atomic E-state index is 12.1. The Morgan fingerprint density at radius 3 is 3.05 bits per heavy atom. The monoisotopic (exact) mass is 290 g/mol. The number of hydrogen-bond acceptors (Lipinski definition) is 6. The SMILES string of the molecule is CN(C)c1nc2cc(NC(=O)C3CNCCO3)ccc2o1. The van der Waals surface area contributed by atoms with E-state index in [9.17, 15) is 4.79 Å². The number of nitrogens with one attached hydrogen (secondary N) is 2. The highest BCUT2D eigenvalue weighted by atomic mass is 16.5. The van der Waals surface area contributed by atoms with Gasteiger partial charge < -0.3 is 24.7 Å². The number of amides is 1. The van der Waals surface area contributed by atoms with Crippen LogP contribution in [0.2, 0.25) is 0 Å². The maximum atomic E-state index is 12.1. The van der Waals surface area contributed by atoms with Gasteiger partial charge in [-0.15, -0.1) is 0 Å². The van der Waals surface area contributed by atoms with Crippen LogP contribution in [-0.2, 0) is 9.53 Å². The van der Waals surface area contributed by atoms with Gasteiger partial charge >= 0.3 is 0 Å². The number of benzene rings is 1. The summed E-state index contributed by atoms with van der Waals surface area (Å²) in [6.45, 7) is 1.86. The summed E-state index contributed by atoms with van der Waals surface area (Å²) in [5.41, 5.74) is 2.08. The predicted octanol–water partition coefficient (Wildman–Crippen LogP) is 0.821. The van der Waals surface area contributed by atoms with Crippen LogP contribution in [0.4, 0.5) is 11.7 Å². The molecule has 0 radical (unpaired) electrons. The van der Waals surface area contributed by atoms with E-state index in [4.69, 9.17) is 9.15 Å². The summed E-state index contributed by atoms with van der Waals surface area (Å²) >= 11 is 0. The summed E-state index contributed by atoms with van der Waals surface area (Å²) in [5.74, 6) is -0.155. The molecule has 1 amide bonds. The molecule has 0 saturated carbocycles. The van der Waals surface area contributed by atoms with Crippen molar-refractivity contribution in [2.45, 2.75) is 6.10 Å². The van der Waals surface area contributed by atoms with Gasteiger partial charge in [0.1, 0.15) is 11.6 Å². The largest absolute Gasteiger partial charge is 0.423 e. The zero-order valence-electron chi connectivity index (χ0n) is 12.0. The number of hydrogen-bond donors (Lipinski definition) is 2. The highest BCUT2D eigenvalue weighted by Gasteiger charge is 2.21. The lowest BCUT2D eigenvalue weighted by Crippen LogP contribution is -2.45. The Kier molecular flexibility index (Phi) is 3.76. The van der Waals surface area contributed by atoms with Crippen molar-refractivity contribution in [2.75, 3.05) is 44.0 Å². The molecule has 1 fully saturated rings. The number of fused-ring (bicyclic) bond motifs is 1. The van der Waals surface area contributed by atoms with E-state index in [2.05, 4.69) is 15.6 Å². The van der Waals surface area contributed by atoms with Crippen molar-refractivity contribution < 1.29 is 13.9 Å². The molecule has 7 heteroatoms. The third kappa shape index (κ3) is 2.98. The van der Waals surface area contributed by atoms with Gasteiger partial charge in [0.05, 0.1) is 6.61 Å². The Bertz CT molecular complexity index is 647. The van der Waals surface area contributed by atoms with E-state index in [1.165, 1.54) is 0 Å². The molecular weight excluding hydrogens is 272 g/mol. The number of ether oxygens (including phenoxy) is 1. The number of aromatic nitrogens is 1. The number of anilines is 2. The molecule has 1 aliphatic heterocycles. The molecule has 21 heavy (non-hydrogen) atoms. The van der Waals surface area contributed by atoms with Crippen molar-refractivity contribution in [3.8, 4) is 0 Å². The van der Waals surface area contributed by atoms with Crippen molar-refractivity contribution >= 4 is 28.7 Å². The average Bonchev–Trinajstić information content (AvgIpc) is 2.91. The molecule has 2 heterocycles. The molecule has 3 rings (SSSR count). The van der Waals surface area contributed by atoms with Crippen LogP contribution in [-0.4, -0.2) is 50.8 Å². The minimum atomic E-state index is -0.455. The normalized spacial score (nSPS) is 18.7. The number of carbonyl (C=O) groups is 1. The number of morpholine rings is 1. The fourth-order valence-electron chi connectivity index (χ4n) is 2.14. The van der Waals surface area contributed by atoms with Gasteiger partial charge in [-0.05, 0) is 18.2 Å². The zero-order chi connectivity index (χ0) is 14.8. The minimum Gasteiger partial charge on any atom is -0.423 e. The highest BCUT2D eigenvalue weighted by molar-refractivity contribution is 5.96. The molecule has 2 N–H and O–H groups in total. The zero-order valence-corrected chi connectivity index (χ0v) is 12.0. The van der Waals surface area contributed by atoms with Gasteiger partial charge in [-0.3, -0.25) is 4.79 Å². The van der Waals surface area contributed by atoms with E-state index in [1.807, 2.05) is 14.1 Å². The van der Waals surface area contributed by atoms with Crippen molar-refractivity contribution in [3.05, 3.63) is 18.2 Å². The molecule has 0 spiro atoms. The van der Waals surface area contributed by atoms with Crippen LogP contribution >= 0.6 is 0 Å². The quantitative estimate of drug-likeness (QED) is 0.871. The summed E-state index contributed by atoms with van der Waals surface area (Å²) in [6.07, 6.45) is -0.455. The van der Waals surface area contributed by atoms with E-state index in [1.54, 1.807) is 23.1 Å². The molecule has 1 atom stereocenters. The van der Waals surface area contributed by atoms with Crippen LogP contribution < -0.4 is 15.5 Å². The molecule has 0 bridgehead atoms. The highest BCUT2D eigenvalue weighted by Crippen LogP contribution is 2.23. The number of carbonyl (C=O) groups excluding carboxylic acids is 1. The van der Waals surface area contributed by atoms with Gasteiger partial charge in [-0.2, -0.15) is 4.98 Å². The summed E-state index contributed by atoms with van der Waals surface area (Å²) < 4.78 is 11.0. The van der Waals surface area contributed by atoms with Crippen LogP contribution in [0.15, 0.2) is 22.6 Å². The molecule has 7 nitrogen and oxygen atoms in total. The number of rotatable bonds is 3. The van der Waals surface area contributed by atoms with Crippen LogP contribution in [0.3, 0.4) is 0 Å². The van der Waals surface area contributed by atoms with Crippen LogP contribution in [0.25, 0.3) is 11.1 Å². The average molecular weight is 290 g/mol. The first-order chi connectivity index (χ1) is 10.1. The maximum Gasteiger partial charge on any atom is 0.297 e. The van der Waals surface area contributed by atoms with Gasteiger partial charge in [-0.1, -0.05) is 0 Å². The van der Waals surface area contributed by atoms with Crippen molar-refractivity contribution in [1.82, 2.24) is 10.3 Å². The lowest BCUT2D eigenvalue weighted by molar-refractivity contribution is -0.128. The molecule has 0 aliphatic carbocycles. The van der Waals surface area contributed by atoms with E-state index in [0.29, 0.717) is 36.0 Å². The minimum absolute atomic E-state index is 0.155. The molecule has 2 aromatic rings. The number of oxazole rings is 1. The predicted molar refractivity (Wildman–Crippen MR) is 79.6 cm³/mol. The number of nitrogens with zero attached hydrogens (tertiary/aromatic N) is 2. The van der Waals surface area contributed by atoms with Crippen LogP contribution in [0.5, 0.6) is 0 Å². The van der Waals surface area contributed by atoms with E-state index >= 15 is 0 Å². The molecule has 1 aromatic heterocycles.